The van der Waals surface area contributed by atoms with Gasteiger partial charge in [0.05, 0.1) is 35.4 Å². The van der Waals surface area contributed by atoms with Gasteiger partial charge in [-0.3, -0.25) is 9.59 Å². The highest BCUT2D eigenvalue weighted by Gasteiger charge is 2.45. The molecule has 1 amide bonds. The molecule has 1 aliphatic rings. The Labute approximate surface area is 197 Å². The first-order valence-electron chi connectivity index (χ1n) is 10.4. The van der Waals surface area contributed by atoms with Gasteiger partial charge in [-0.2, -0.15) is 0 Å². The van der Waals surface area contributed by atoms with E-state index in [0.717, 1.165) is 6.42 Å². The molecule has 0 aromatic heterocycles. The van der Waals surface area contributed by atoms with E-state index in [2.05, 4.69) is 0 Å². The number of rotatable bonds is 8. The van der Waals surface area contributed by atoms with E-state index >= 15 is 0 Å². The topological polar surface area (TPSA) is 76.1 Å². The van der Waals surface area contributed by atoms with Crippen molar-refractivity contribution in [3.8, 4) is 11.5 Å². The van der Waals surface area contributed by atoms with Crippen LogP contribution in [0.3, 0.4) is 0 Å². The normalized spacial score (nSPS) is 17.7. The van der Waals surface area contributed by atoms with Crippen molar-refractivity contribution in [3.63, 3.8) is 0 Å². The average Bonchev–Trinajstić information content (AvgIpc) is 3.02. The minimum absolute atomic E-state index is 0.0200. The molecule has 2 aromatic rings. The van der Waals surface area contributed by atoms with Crippen LogP contribution in [0.25, 0.3) is 5.76 Å². The summed E-state index contributed by atoms with van der Waals surface area (Å²) in [7, 11) is 1.43. The summed E-state index contributed by atoms with van der Waals surface area (Å²) in [6, 6.07) is 9.34. The van der Waals surface area contributed by atoms with Gasteiger partial charge >= 0.3 is 0 Å². The van der Waals surface area contributed by atoms with Crippen molar-refractivity contribution in [1.82, 2.24) is 4.90 Å². The molecule has 1 unspecified atom stereocenters. The van der Waals surface area contributed by atoms with E-state index < -0.39 is 17.7 Å². The van der Waals surface area contributed by atoms with Crippen LogP contribution in [0, 0.1) is 0 Å². The molecule has 1 atom stereocenters. The Balaban J connectivity index is 2.18. The number of amides is 1. The molecule has 2 aromatic carbocycles. The van der Waals surface area contributed by atoms with E-state index in [-0.39, 0.29) is 32.7 Å². The lowest BCUT2D eigenvalue weighted by atomic mass is 9.95. The summed E-state index contributed by atoms with van der Waals surface area (Å²) in [5, 5.41) is 11.5. The highest BCUT2D eigenvalue weighted by Crippen LogP contribution is 2.42. The molecule has 6 nitrogen and oxygen atoms in total. The molecule has 8 heteroatoms. The number of ether oxygens (including phenoxy) is 2. The molecule has 3 rings (SSSR count). The first-order chi connectivity index (χ1) is 15.3. The minimum Gasteiger partial charge on any atom is -0.507 e. The number of methoxy groups -OCH3 is 1. The average molecular weight is 478 g/mol. The summed E-state index contributed by atoms with van der Waals surface area (Å²) in [5.74, 6) is -0.887. The van der Waals surface area contributed by atoms with Crippen molar-refractivity contribution >= 4 is 40.7 Å². The number of ketones is 1. The van der Waals surface area contributed by atoms with Gasteiger partial charge in [0, 0.05) is 12.1 Å². The third-order valence-corrected chi connectivity index (χ3v) is 5.69. The van der Waals surface area contributed by atoms with Crippen LogP contribution in [0.2, 0.25) is 10.0 Å². The van der Waals surface area contributed by atoms with E-state index in [4.69, 9.17) is 32.7 Å². The number of benzene rings is 2. The first kappa shape index (κ1) is 24.0. The molecule has 0 spiro atoms. The maximum atomic E-state index is 13.0. The van der Waals surface area contributed by atoms with Gasteiger partial charge in [0.2, 0.25) is 0 Å². The number of aliphatic hydroxyl groups excluding tert-OH is 1. The van der Waals surface area contributed by atoms with Gasteiger partial charge in [-0.15, -0.1) is 0 Å². The largest absolute Gasteiger partial charge is 0.507 e. The van der Waals surface area contributed by atoms with Crippen molar-refractivity contribution in [3.05, 3.63) is 63.1 Å². The van der Waals surface area contributed by atoms with Crippen LogP contribution in [-0.2, 0) is 9.59 Å². The lowest BCUT2D eigenvalue weighted by Crippen LogP contribution is -2.30. The van der Waals surface area contributed by atoms with Crippen molar-refractivity contribution in [2.45, 2.75) is 32.7 Å². The number of nitrogens with zero attached hydrogens (tertiary/aromatic N) is 1. The Bertz CT molecular complexity index is 1040. The summed E-state index contributed by atoms with van der Waals surface area (Å²) in [6.45, 7) is 4.82. The molecule has 1 N–H and O–H groups in total. The highest BCUT2D eigenvalue weighted by atomic mass is 35.5. The Hall–Kier alpha value is -2.70. The van der Waals surface area contributed by atoms with Crippen LogP contribution in [0.5, 0.6) is 11.5 Å². The molecule has 0 radical (unpaired) electrons. The number of hydrogen-bond donors (Lipinski definition) is 1. The smallest absolute Gasteiger partial charge is 0.295 e. The van der Waals surface area contributed by atoms with Crippen molar-refractivity contribution in [1.29, 1.82) is 0 Å². The first-order valence-corrected chi connectivity index (χ1v) is 11.1. The van der Waals surface area contributed by atoms with Gasteiger partial charge in [-0.1, -0.05) is 49.2 Å². The molecule has 170 valence electrons. The van der Waals surface area contributed by atoms with Gasteiger partial charge in [-0.25, -0.2) is 0 Å². The molecule has 0 aliphatic carbocycles. The molecule has 0 saturated carbocycles. The molecule has 1 saturated heterocycles. The van der Waals surface area contributed by atoms with E-state index in [9.17, 15) is 14.7 Å². The molecule has 1 aliphatic heterocycles. The summed E-state index contributed by atoms with van der Waals surface area (Å²) >= 11 is 12.5. The lowest BCUT2D eigenvalue weighted by molar-refractivity contribution is -0.139. The molecule has 1 heterocycles. The number of aliphatic hydroxyl groups is 1. The summed E-state index contributed by atoms with van der Waals surface area (Å²) in [6.07, 6.45) is 1.49. The lowest BCUT2D eigenvalue weighted by Gasteiger charge is -2.25. The molecule has 32 heavy (non-hydrogen) atoms. The van der Waals surface area contributed by atoms with Crippen LogP contribution in [0.4, 0.5) is 0 Å². The van der Waals surface area contributed by atoms with E-state index in [1.807, 2.05) is 19.9 Å². The van der Waals surface area contributed by atoms with E-state index in [1.54, 1.807) is 18.2 Å². The number of carbonyl (C=O) groups is 2. The molecule has 0 bridgehead atoms. The molecule has 1 fully saturated rings. The second kappa shape index (κ2) is 10.3. The highest BCUT2D eigenvalue weighted by molar-refractivity contribution is 6.46. The Kier molecular flexibility index (Phi) is 7.69. The zero-order chi connectivity index (χ0) is 23.4. The standard InChI is InChI=1S/C24H25Cl2NO5/c1-4-9-27-20(14-7-6-8-16(11-14)32-10-5-2)19(22(29)24(27)30)21(28)15-12-17(25)23(31-3)18(26)13-15/h6-8,11-13,20,28H,4-5,9-10H2,1-3H3/b21-19+. The van der Waals surface area contributed by atoms with Gasteiger partial charge < -0.3 is 19.5 Å². The number of likely N-dealkylation sites (tertiary alicyclic amines) is 1. The summed E-state index contributed by atoms with van der Waals surface area (Å²) in [4.78, 5) is 27.3. The third kappa shape index (κ3) is 4.57. The third-order valence-electron chi connectivity index (χ3n) is 5.13. The molecular formula is C24H25Cl2NO5. The van der Waals surface area contributed by atoms with Crippen molar-refractivity contribution < 1.29 is 24.2 Å². The van der Waals surface area contributed by atoms with Gasteiger partial charge in [-0.05, 0) is 42.7 Å². The Morgan fingerprint density at radius 2 is 1.78 bits per heavy atom. The van der Waals surface area contributed by atoms with Crippen LogP contribution in [0.1, 0.15) is 43.9 Å². The Morgan fingerprint density at radius 3 is 2.38 bits per heavy atom. The predicted octanol–water partition coefficient (Wildman–Crippen LogP) is 5.62. The SMILES string of the molecule is CCCOc1cccc(C2/C(=C(\O)c3cc(Cl)c(OC)c(Cl)c3)C(=O)C(=O)N2CCC)c1. The van der Waals surface area contributed by atoms with Crippen LogP contribution in [-0.4, -0.2) is 42.0 Å². The predicted molar refractivity (Wildman–Crippen MR) is 125 cm³/mol. The molecular weight excluding hydrogens is 453 g/mol. The van der Waals surface area contributed by atoms with Crippen LogP contribution in [0.15, 0.2) is 42.0 Å². The van der Waals surface area contributed by atoms with Crippen molar-refractivity contribution in [2.24, 2.45) is 0 Å². The van der Waals surface area contributed by atoms with Gasteiger partial charge in [0.25, 0.3) is 11.7 Å². The number of hydrogen-bond acceptors (Lipinski definition) is 5. The van der Waals surface area contributed by atoms with Crippen LogP contribution >= 0.6 is 23.2 Å². The van der Waals surface area contributed by atoms with Gasteiger partial charge in [0.1, 0.15) is 11.5 Å². The number of Topliss-reactive ketones (excluding diaryl/α,β-unsaturated/α-hetero) is 1. The maximum absolute atomic E-state index is 13.0. The maximum Gasteiger partial charge on any atom is 0.295 e. The van der Waals surface area contributed by atoms with Crippen LogP contribution < -0.4 is 9.47 Å². The number of carbonyl (C=O) groups excluding carboxylic acids is 2. The second-order valence-electron chi connectivity index (χ2n) is 7.39. The fourth-order valence-corrected chi connectivity index (χ4v) is 4.38. The zero-order valence-electron chi connectivity index (χ0n) is 18.2. The fraction of sp³-hybridized carbons (Fsp3) is 0.333. The summed E-state index contributed by atoms with van der Waals surface area (Å²) < 4.78 is 10.9. The van der Waals surface area contributed by atoms with Crippen molar-refractivity contribution in [2.75, 3.05) is 20.3 Å². The second-order valence-corrected chi connectivity index (χ2v) is 8.20. The zero-order valence-corrected chi connectivity index (χ0v) is 19.7. The summed E-state index contributed by atoms with van der Waals surface area (Å²) in [5.41, 5.74) is 0.866. The monoisotopic (exact) mass is 477 g/mol. The quantitative estimate of drug-likeness (QED) is 0.303. The fourth-order valence-electron chi connectivity index (χ4n) is 3.74. The Morgan fingerprint density at radius 1 is 1.09 bits per heavy atom. The van der Waals surface area contributed by atoms with E-state index in [1.165, 1.54) is 24.1 Å². The number of halogens is 2. The van der Waals surface area contributed by atoms with Gasteiger partial charge in [0.15, 0.2) is 5.75 Å². The van der Waals surface area contributed by atoms with E-state index in [0.29, 0.717) is 30.9 Å². The minimum atomic E-state index is -0.764.